The summed E-state index contributed by atoms with van der Waals surface area (Å²) < 4.78 is 54.2. The molecule has 1 fully saturated rings. The van der Waals surface area contributed by atoms with E-state index in [0.29, 0.717) is 16.3 Å². The van der Waals surface area contributed by atoms with Crippen LogP contribution in [0.2, 0.25) is 5.02 Å². The number of halogens is 3. The Hall–Kier alpha value is -2.26. The average Bonchev–Trinajstić information content (AvgIpc) is 2.63. The molecule has 2 heterocycles. The standard InChI is InChI=1S/C19H20ClF2N3O3S/c1-13-15(20)5-3-6-16(13)29(27,28)24-17-7-2-4-14(23-17)12-18(26)25-10-8-19(21,22)9-11-25/h2-7H,8-12H2,1H3,(H,23,24). The number of sulfonamides is 1. The van der Waals surface area contributed by atoms with Crippen LogP contribution in [0.25, 0.3) is 0 Å². The first-order valence-electron chi connectivity index (χ1n) is 8.97. The molecule has 6 nitrogen and oxygen atoms in total. The third kappa shape index (κ3) is 5.22. The molecule has 0 saturated carbocycles. The Morgan fingerprint density at radius 1 is 1.21 bits per heavy atom. The van der Waals surface area contributed by atoms with Gasteiger partial charge in [-0.05, 0) is 36.8 Å². The summed E-state index contributed by atoms with van der Waals surface area (Å²) in [4.78, 5) is 18.0. The highest BCUT2D eigenvalue weighted by Gasteiger charge is 2.35. The number of nitrogens with zero attached hydrogens (tertiary/aromatic N) is 2. The number of nitrogens with one attached hydrogen (secondary N) is 1. The summed E-state index contributed by atoms with van der Waals surface area (Å²) >= 11 is 6.00. The number of rotatable bonds is 5. The van der Waals surface area contributed by atoms with E-state index in [1.165, 1.54) is 23.1 Å². The summed E-state index contributed by atoms with van der Waals surface area (Å²) in [5.74, 6) is -3.00. The van der Waals surface area contributed by atoms with Gasteiger partial charge in [0.25, 0.3) is 15.9 Å². The number of pyridine rings is 1. The van der Waals surface area contributed by atoms with Crippen LogP contribution in [0.1, 0.15) is 24.1 Å². The summed E-state index contributed by atoms with van der Waals surface area (Å²) in [5.41, 5.74) is 0.755. The maximum atomic E-state index is 13.2. The first-order valence-corrected chi connectivity index (χ1v) is 10.8. The lowest BCUT2D eigenvalue weighted by atomic mass is 10.1. The minimum absolute atomic E-state index is 0.00774. The Kier molecular flexibility index (Phi) is 6.09. The molecule has 156 valence electrons. The van der Waals surface area contributed by atoms with Gasteiger partial charge in [-0.25, -0.2) is 22.2 Å². The van der Waals surface area contributed by atoms with Crippen LogP contribution in [-0.4, -0.2) is 43.2 Å². The summed E-state index contributed by atoms with van der Waals surface area (Å²) in [6, 6.07) is 9.18. The molecule has 1 N–H and O–H groups in total. The number of hydrogen-bond acceptors (Lipinski definition) is 4. The molecule has 1 aliphatic rings. The topological polar surface area (TPSA) is 79.4 Å². The molecule has 0 atom stereocenters. The molecule has 1 amide bonds. The van der Waals surface area contributed by atoms with E-state index in [-0.39, 0.29) is 49.0 Å². The van der Waals surface area contributed by atoms with Crippen molar-refractivity contribution >= 4 is 33.3 Å². The molecular formula is C19H20ClF2N3O3S. The molecule has 2 aromatic rings. The third-order valence-corrected chi connectivity index (χ3v) is 6.64. The molecule has 0 bridgehead atoms. The lowest BCUT2D eigenvalue weighted by Gasteiger charge is -2.31. The number of anilines is 1. The molecule has 0 spiro atoms. The molecule has 1 aromatic carbocycles. The predicted molar refractivity (Wildman–Crippen MR) is 106 cm³/mol. The molecule has 0 radical (unpaired) electrons. The van der Waals surface area contributed by atoms with Crippen molar-refractivity contribution in [2.75, 3.05) is 17.8 Å². The zero-order chi connectivity index (χ0) is 21.2. The van der Waals surface area contributed by atoms with E-state index in [1.807, 2.05) is 0 Å². The van der Waals surface area contributed by atoms with E-state index in [4.69, 9.17) is 11.6 Å². The second-order valence-corrected chi connectivity index (χ2v) is 8.95. The Morgan fingerprint density at radius 2 is 1.86 bits per heavy atom. The van der Waals surface area contributed by atoms with E-state index in [1.54, 1.807) is 25.1 Å². The highest BCUT2D eigenvalue weighted by atomic mass is 35.5. The first-order chi connectivity index (χ1) is 13.6. The predicted octanol–water partition coefficient (Wildman–Crippen LogP) is 3.64. The normalized spacial score (nSPS) is 16.5. The molecule has 1 aliphatic heterocycles. The van der Waals surface area contributed by atoms with E-state index in [2.05, 4.69) is 9.71 Å². The van der Waals surface area contributed by atoms with Gasteiger partial charge >= 0.3 is 0 Å². The molecule has 1 saturated heterocycles. The van der Waals surface area contributed by atoms with Gasteiger partial charge in [-0.15, -0.1) is 0 Å². The molecule has 1 aromatic heterocycles. The Morgan fingerprint density at radius 3 is 2.55 bits per heavy atom. The lowest BCUT2D eigenvalue weighted by Crippen LogP contribution is -2.43. The molecule has 0 unspecified atom stereocenters. The van der Waals surface area contributed by atoms with Crippen molar-refractivity contribution in [3.8, 4) is 0 Å². The van der Waals surface area contributed by atoms with Crippen LogP contribution >= 0.6 is 11.6 Å². The fourth-order valence-electron chi connectivity index (χ4n) is 3.06. The molecular weight excluding hydrogens is 424 g/mol. The van der Waals surface area contributed by atoms with Gasteiger partial charge in [-0.3, -0.25) is 9.52 Å². The van der Waals surface area contributed by atoms with Gasteiger partial charge in [0.05, 0.1) is 17.0 Å². The zero-order valence-corrected chi connectivity index (χ0v) is 17.2. The minimum atomic E-state index is -3.92. The van der Waals surface area contributed by atoms with Crippen LogP contribution < -0.4 is 4.72 Å². The van der Waals surface area contributed by atoms with Crippen molar-refractivity contribution in [1.29, 1.82) is 0 Å². The van der Waals surface area contributed by atoms with Crippen molar-refractivity contribution in [2.24, 2.45) is 0 Å². The SMILES string of the molecule is Cc1c(Cl)cccc1S(=O)(=O)Nc1cccc(CC(=O)N2CCC(F)(F)CC2)n1. The molecule has 29 heavy (non-hydrogen) atoms. The van der Waals surface area contributed by atoms with E-state index in [9.17, 15) is 22.0 Å². The van der Waals surface area contributed by atoms with Crippen molar-refractivity contribution in [3.05, 3.63) is 52.7 Å². The third-order valence-electron chi connectivity index (χ3n) is 4.73. The lowest BCUT2D eigenvalue weighted by molar-refractivity contribution is -0.136. The summed E-state index contributed by atoms with van der Waals surface area (Å²) in [6.07, 6.45) is -0.812. The largest absolute Gasteiger partial charge is 0.342 e. The van der Waals surface area contributed by atoms with Gasteiger partial charge in [-0.2, -0.15) is 0 Å². The number of benzene rings is 1. The Balaban J connectivity index is 1.71. The van der Waals surface area contributed by atoms with E-state index in [0.717, 1.165) is 0 Å². The Bertz CT molecular complexity index is 1020. The number of alkyl halides is 2. The van der Waals surface area contributed by atoms with Gasteiger partial charge in [0.2, 0.25) is 5.91 Å². The van der Waals surface area contributed by atoms with Crippen LogP contribution in [0.15, 0.2) is 41.3 Å². The average molecular weight is 444 g/mol. The van der Waals surface area contributed by atoms with Crippen LogP contribution in [0.5, 0.6) is 0 Å². The number of aromatic nitrogens is 1. The quantitative estimate of drug-likeness (QED) is 0.765. The van der Waals surface area contributed by atoms with Gasteiger partial charge in [0.1, 0.15) is 5.82 Å². The van der Waals surface area contributed by atoms with Crippen LogP contribution in [0.4, 0.5) is 14.6 Å². The van der Waals surface area contributed by atoms with Crippen molar-refractivity contribution < 1.29 is 22.0 Å². The number of carbonyl (C=O) groups excluding carboxylic acids is 1. The smallest absolute Gasteiger partial charge is 0.263 e. The fourth-order valence-corrected chi connectivity index (χ4v) is 4.56. The highest BCUT2D eigenvalue weighted by Crippen LogP contribution is 2.28. The summed E-state index contributed by atoms with van der Waals surface area (Å²) in [5, 5.41) is 0.326. The molecule has 10 heteroatoms. The number of likely N-dealkylation sites (tertiary alicyclic amines) is 1. The first kappa shape index (κ1) is 21.4. The number of piperidine rings is 1. The fraction of sp³-hybridized carbons (Fsp3) is 0.368. The van der Waals surface area contributed by atoms with Crippen LogP contribution in [0.3, 0.4) is 0 Å². The monoisotopic (exact) mass is 443 g/mol. The van der Waals surface area contributed by atoms with E-state index < -0.39 is 15.9 Å². The van der Waals surface area contributed by atoms with Gasteiger partial charge in [0.15, 0.2) is 0 Å². The minimum Gasteiger partial charge on any atom is -0.342 e. The van der Waals surface area contributed by atoms with Gasteiger partial charge < -0.3 is 4.90 Å². The number of amides is 1. The maximum absolute atomic E-state index is 13.2. The summed E-state index contributed by atoms with van der Waals surface area (Å²) in [6.45, 7) is 1.58. The maximum Gasteiger partial charge on any atom is 0.263 e. The van der Waals surface area contributed by atoms with Crippen molar-refractivity contribution in [1.82, 2.24) is 9.88 Å². The van der Waals surface area contributed by atoms with Gasteiger partial charge in [-0.1, -0.05) is 23.7 Å². The van der Waals surface area contributed by atoms with Gasteiger partial charge in [0, 0.05) is 31.0 Å². The van der Waals surface area contributed by atoms with E-state index >= 15 is 0 Å². The number of carbonyl (C=O) groups is 1. The van der Waals surface area contributed by atoms with Crippen molar-refractivity contribution in [2.45, 2.75) is 37.0 Å². The second-order valence-electron chi connectivity index (χ2n) is 6.90. The second kappa shape index (κ2) is 8.23. The zero-order valence-electron chi connectivity index (χ0n) is 15.7. The highest BCUT2D eigenvalue weighted by molar-refractivity contribution is 7.92. The summed E-state index contributed by atoms with van der Waals surface area (Å²) in [7, 11) is -3.92. The van der Waals surface area contributed by atoms with Crippen molar-refractivity contribution in [3.63, 3.8) is 0 Å². The number of hydrogen-bond donors (Lipinski definition) is 1. The molecule has 3 rings (SSSR count). The van der Waals surface area contributed by atoms with Crippen LogP contribution in [-0.2, 0) is 21.2 Å². The Labute approximate surface area is 172 Å². The molecule has 0 aliphatic carbocycles. The van der Waals surface area contributed by atoms with Crippen LogP contribution in [0, 0.1) is 6.92 Å².